The Morgan fingerprint density at radius 3 is 2.47 bits per heavy atom. The van der Waals surface area contributed by atoms with Crippen LogP contribution < -0.4 is 31.6 Å². The molecule has 6 rings (SSSR count). The van der Waals surface area contributed by atoms with Crippen LogP contribution in [0.25, 0.3) is 39.2 Å². The molecule has 1 aliphatic rings. The summed E-state index contributed by atoms with van der Waals surface area (Å²) in [6.07, 6.45) is 3.37. The zero-order valence-electron chi connectivity index (χ0n) is 29.0. The van der Waals surface area contributed by atoms with E-state index in [1.807, 2.05) is 24.3 Å². The molecule has 0 radical (unpaired) electrons. The summed E-state index contributed by atoms with van der Waals surface area (Å²) in [5.74, 6) is -0.660. The number of nitrogens with one attached hydrogen (secondary N) is 4. The predicted octanol–water partition coefficient (Wildman–Crippen LogP) is 4.50. The molecule has 1 unspecified atom stereocenters. The number of methoxy groups -OCH3 is 1. The van der Waals surface area contributed by atoms with Gasteiger partial charge in [0.25, 0.3) is 5.56 Å². The van der Waals surface area contributed by atoms with Gasteiger partial charge in [-0.1, -0.05) is 59.6 Å². The topological polar surface area (TPSA) is 159 Å². The molecule has 12 nitrogen and oxygen atoms in total. The van der Waals surface area contributed by atoms with Crippen LogP contribution in [0.1, 0.15) is 30.4 Å². The minimum atomic E-state index is -0.894. The Kier molecular flexibility index (Phi) is 12.0. The highest BCUT2D eigenvalue weighted by atomic mass is 35.5. The number of pyridine rings is 2. The zero-order valence-corrected chi connectivity index (χ0v) is 30.5. The zero-order chi connectivity index (χ0) is 37.6. The van der Waals surface area contributed by atoms with Crippen LogP contribution in [0.3, 0.4) is 0 Å². The van der Waals surface area contributed by atoms with Crippen molar-refractivity contribution < 1.29 is 23.8 Å². The molecule has 276 valence electrons. The Labute approximate surface area is 314 Å². The van der Waals surface area contributed by atoms with Gasteiger partial charge < -0.3 is 31.1 Å². The molecule has 53 heavy (non-hydrogen) atoms. The number of ether oxygens (including phenoxy) is 1. The maximum Gasteiger partial charge on any atom is 0.262 e. The van der Waals surface area contributed by atoms with Crippen molar-refractivity contribution >= 4 is 40.7 Å². The first-order valence-corrected chi connectivity index (χ1v) is 17.7. The molecule has 2 atom stereocenters. The number of halogens is 3. The molecular weight excluding hydrogens is 724 g/mol. The van der Waals surface area contributed by atoms with Gasteiger partial charge in [0.15, 0.2) is 0 Å². The molecule has 5 N–H and O–H groups in total. The van der Waals surface area contributed by atoms with Crippen LogP contribution in [0.2, 0.25) is 10.0 Å². The second kappa shape index (κ2) is 16.8. The molecule has 2 amide bonds. The molecule has 4 heterocycles. The van der Waals surface area contributed by atoms with Gasteiger partial charge in [-0.3, -0.25) is 18.8 Å². The lowest BCUT2D eigenvalue weighted by atomic mass is 9.97. The molecule has 1 saturated heterocycles. The van der Waals surface area contributed by atoms with E-state index >= 15 is 4.39 Å². The number of amides is 2. The Bertz CT molecular complexity index is 2230. The van der Waals surface area contributed by atoms with Crippen LogP contribution in [0.5, 0.6) is 5.88 Å². The maximum atomic E-state index is 15.6. The maximum absolute atomic E-state index is 15.6. The monoisotopic (exact) mass is 761 g/mol. The highest BCUT2D eigenvalue weighted by molar-refractivity contribution is 6.39. The Balaban J connectivity index is 1.23. The summed E-state index contributed by atoms with van der Waals surface area (Å²) in [6, 6.07) is 15.7. The third-order valence-corrected chi connectivity index (χ3v) is 9.87. The van der Waals surface area contributed by atoms with Crippen LogP contribution >= 0.6 is 23.2 Å². The summed E-state index contributed by atoms with van der Waals surface area (Å²) in [5.41, 5.74) is 4.19. The molecule has 0 saturated carbocycles. The number of hydrogen-bond donors (Lipinski definition) is 5. The van der Waals surface area contributed by atoms with Crippen LogP contribution in [0.4, 0.5) is 4.39 Å². The summed E-state index contributed by atoms with van der Waals surface area (Å²) < 4.78 is 22.5. The average molecular weight is 763 g/mol. The molecule has 2 aromatic carbocycles. The van der Waals surface area contributed by atoms with E-state index in [0.29, 0.717) is 62.0 Å². The summed E-state index contributed by atoms with van der Waals surface area (Å²) in [6.45, 7) is 0.945. The minimum absolute atomic E-state index is 0.00391. The second-order valence-electron chi connectivity index (χ2n) is 12.6. The summed E-state index contributed by atoms with van der Waals surface area (Å²) in [4.78, 5) is 45.3. The standard InChI is InChI=1S/C38H38Cl2FN7O5/c1-42-34(51)14-24(49)19-43-16-22-17-45-32-13-21(11-12-48(32)38(22)52)25-5-3-6-26(35(25)39)27-7-4-8-28(36(27)40)31-15-30(41)29(37(47-31)53-2)20-44-18-23-9-10-33(50)46-23/h3-8,11-13,15,17,23-24,43-44,49H,9-10,14,16,18-20H2,1-2H3,(H,42,51)(H,46,50)/t23-,24?/m0/s1. The van der Waals surface area contributed by atoms with Crippen LogP contribution in [-0.4, -0.2) is 70.7 Å². The number of rotatable bonds is 14. The van der Waals surface area contributed by atoms with E-state index < -0.39 is 11.9 Å². The third kappa shape index (κ3) is 8.50. The molecule has 1 fully saturated rings. The molecule has 0 spiro atoms. The summed E-state index contributed by atoms with van der Waals surface area (Å²) >= 11 is 14.1. The smallest absolute Gasteiger partial charge is 0.262 e. The number of hydrogen-bond acceptors (Lipinski definition) is 9. The van der Waals surface area contributed by atoms with E-state index in [0.717, 1.165) is 6.42 Å². The van der Waals surface area contributed by atoms with E-state index in [2.05, 4.69) is 31.2 Å². The van der Waals surface area contributed by atoms with Crippen molar-refractivity contribution in [2.24, 2.45) is 0 Å². The number of carbonyl (C=O) groups excluding carboxylic acids is 2. The fraction of sp³-hybridized carbons (Fsp3) is 0.289. The predicted molar refractivity (Wildman–Crippen MR) is 201 cm³/mol. The van der Waals surface area contributed by atoms with Gasteiger partial charge in [-0.25, -0.2) is 14.4 Å². The lowest BCUT2D eigenvalue weighted by Crippen LogP contribution is -2.35. The lowest BCUT2D eigenvalue weighted by Gasteiger charge is -2.16. The summed E-state index contributed by atoms with van der Waals surface area (Å²) in [5, 5.41) is 22.3. The number of carbonyl (C=O) groups is 2. The first-order valence-electron chi connectivity index (χ1n) is 17.0. The van der Waals surface area contributed by atoms with Crippen LogP contribution in [0.15, 0.2) is 71.8 Å². The number of benzene rings is 2. The van der Waals surface area contributed by atoms with E-state index in [4.69, 9.17) is 27.9 Å². The van der Waals surface area contributed by atoms with Gasteiger partial charge in [0.05, 0.1) is 40.9 Å². The Hall–Kier alpha value is -4.92. The van der Waals surface area contributed by atoms with E-state index in [-0.39, 0.29) is 66.6 Å². The van der Waals surface area contributed by atoms with E-state index in [1.54, 1.807) is 30.5 Å². The van der Waals surface area contributed by atoms with Crippen LogP contribution in [0, 0.1) is 5.82 Å². The number of fused-ring (bicyclic) bond motifs is 1. The van der Waals surface area contributed by atoms with Crippen molar-refractivity contribution in [2.75, 3.05) is 27.2 Å². The molecule has 5 aromatic rings. The highest BCUT2D eigenvalue weighted by Gasteiger charge is 2.22. The minimum Gasteiger partial charge on any atom is -0.481 e. The van der Waals surface area contributed by atoms with Gasteiger partial charge in [-0.15, -0.1) is 0 Å². The van der Waals surface area contributed by atoms with Crippen molar-refractivity contribution in [3.63, 3.8) is 0 Å². The van der Waals surface area contributed by atoms with Gasteiger partial charge in [0, 0.05) is 92.0 Å². The van der Waals surface area contributed by atoms with Crippen molar-refractivity contribution in [1.29, 1.82) is 0 Å². The number of aliphatic hydroxyl groups is 1. The molecule has 3 aromatic heterocycles. The highest BCUT2D eigenvalue weighted by Crippen LogP contribution is 2.42. The van der Waals surface area contributed by atoms with Gasteiger partial charge in [-0.05, 0) is 24.1 Å². The van der Waals surface area contributed by atoms with E-state index in [1.165, 1.54) is 30.8 Å². The molecular formula is C38H38Cl2FN7O5. The molecule has 1 aliphatic heterocycles. The summed E-state index contributed by atoms with van der Waals surface area (Å²) in [7, 11) is 2.93. The van der Waals surface area contributed by atoms with Crippen molar-refractivity contribution in [2.45, 2.75) is 44.5 Å². The Morgan fingerprint density at radius 1 is 1.06 bits per heavy atom. The van der Waals surface area contributed by atoms with Gasteiger partial charge in [0.2, 0.25) is 17.7 Å². The molecule has 15 heteroatoms. The second-order valence-corrected chi connectivity index (χ2v) is 13.4. The SMILES string of the molecule is CNC(=O)CC(O)CNCc1cnc2cc(-c3cccc(-c4cccc(-c5cc(F)c(CNC[C@@H]6CCC(=O)N6)c(OC)n5)c4Cl)c3Cl)ccn2c1=O. The van der Waals surface area contributed by atoms with Crippen molar-refractivity contribution in [3.8, 4) is 39.4 Å². The van der Waals surface area contributed by atoms with Gasteiger partial charge in [-0.2, -0.15) is 0 Å². The van der Waals surface area contributed by atoms with Gasteiger partial charge in [0.1, 0.15) is 11.5 Å². The molecule has 0 aliphatic carbocycles. The number of aliphatic hydroxyl groups excluding tert-OH is 1. The van der Waals surface area contributed by atoms with Crippen LogP contribution in [-0.2, 0) is 22.7 Å². The van der Waals surface area contributed by atoms with Crippen molar-refractivity contribution in [1.82, 2.24) is 35.6 Å². The number of aromatic nitrogens is 3. The molecule has 0 bridgehead atoms. The largest absolute Gasteiger partial charge is 0.481 e. The van der Waals surface area contributed by atoms with E-state index in [9.17, 15) is 19.5 Å². The first-order chi connectivity index (χ1) is 25.6. The van der Waals surface area contributed by atoms with Gasteiger partial charge >= 0.3 is 0 Å². The first kappa shape index (κ1) is 37.8. The Morgan fingerprint density at radius 2 is 1.77 bits per heavy atom. The average Bonchev–Trinajstić information content (AvgIpc) is 3.57. The third-order valence-electron chi connectivity index (χ3n) is 9.05. The fourth-order valence-corrected chi connectivity index (χ4v) is 6.91. The fourth-order valence-electron chi connectivity index (χ4n) is 6.25. The number of nitrogens with zero attached hydrogens (tertiary/aromatic N) is 3. The van der Waals surface area contributed by atoms with Crippen molar-refractivity contribution in [3.05, 3.63) is 104 Å². The lowest BCUT2D eigenvalue weighted by molar-refractivity contribution is -0.122. The normalized spacial score (nSPS) is 14.7. The quantitative estimate of drug-likeness (QED) is 0.110.